The molecule has 6 rings (SSSR count). The fraction of sp³-hybridized carbons (Fsp3) is 0.378. The Hall–Kier alpha value is -4.27. The predicted molar refractivity (Wildman–Crippen MR) is 177 cm³/mol. The number of aliphatic hydroxyl groups excluding tert-OH is 1. The number of amides is 1. The average molecular weight is 609 g/mol. The summed E-state index contributed by atoms with van der Waals surface area (Å²) in [6.45, 7) is 4.48. The zero-order chi connectivity index (χ0) is 31.8. The van der Waals surface area contributed by atoms with Crippen molar-refractivity contribution in [2.45, 2.75) is 83.1 Å². The van der Waals surface area contributed by atoms with E-state index in [0.29, 0.717) is 29.8 Å². The van der Waals surface area contributed by atoms with Gasteiger partial charge in [0.15, 0.2) is 0 Å². The van der Waals surface area contributed by atoms with Gasteiger partial charge in [0, 0.05) is 25.5 Å². The minimum Gasteiger partial charge on any atom is -0.487 e. The van der Waals surface area contributed by atoms with Crippen LogP contribution in [0.5, 0.6) is 5.75 Å². The normalized spacial score (nSPS) is 15.8. The number of hydrogen-bond acceptors (Lipinski definition) is 6. The molecule has 1 aliphatic carbocycles. The molecule has 2 aromatic heterocycles. The fourth-order valence-electron chi connectivity index (χ4n) is 5.99. The second-order valence-corrected chi connectivity index (χ2v) is 12.0. The summed E-state index contributed by atoms with van der Waals surface area (Å²) in [6, 6.07) is 22.5. The summed E-state index contributed by atoms with van der Waals surface area (Å²) >= 11 is 0. The molecule has 4 N–H and O–H groups in total. The third-order valence-corrected chi connectivity index (χ3v) is 8.92. The third kappa shape index (κ3) is 7.70. The number of pyridine rings is 2. The van der Waals surface area contributed by atoms with E-state index in [4.69, 9.17) is 10.5 Å². The van der Waals surface area contributed by atoms with E-state index >= 15 is 0 Å². The summed E-state index contributed by atoms with van der Waals surface area (Å²) in [5.74, 6) is 0.765. The number of ether oxygens (including phenoxy) is 1. The second-order valence-electron chi connectivity index (χ2n) is 12.0. The molecule has 0 radical (unpaired) electrons. The van der Waals surface area contributed by atoms with Crippen LogP contribution in [0, 0.1) is 0 Å². The van der Waals surface area contributed by atoms with Crippen molar-refractivity contribution in [3.8, 4) is 17.0 Å². The zero-order valence-electron chi connectivity index (χ0n) is 26.2. The molecule has 1 fully saturated rings. The maximum absolute atomic E-state index is 13.0. The van der Waals surface area contributed by atoms with Crippen LogP contribution in [0.3, 0.4) is 0 Å². The van der Waals surface area contributed by atoms with Gasteiger partial charge in [-0.25, -0.2) is 0 Å². The van der Waals surface area contributed by atoms with Gasteiger partial charge in [-0.1, -0.05) is 55.5 Å². The predicted octanol–water partition coefficient (Wildman–Crippen LogP) is 5.09. The van der Waals surface area contributed by atoms with Crippen LogP contribution in [-0.4, -0.2) is 44.9 Å². The van der Waals surface area contributed by atoms with Crippen molar-refractivity contribution in [3.63, 3.8) is 0 Å². The summed E-state index contributed by atoms with van der Waals surface area (Å²) in [5.41, 5.74) is 10.7. The number of carbonyl (C=O) groups excluding carboxylic acids is 1. The molecule has 45 heavy (non-hydrogen) atoms. The number of aliphatic hydroxyl groups is 1. The number of aromatic nitrogens is 2. The second kappa shape index (κ2) is 14.7. The number of rotatable bonds is 9. The summed E-state index contributed by atoms with van der Waals surface area (Å²) in [4.78, 5) is 30.0. The minimum absolute atomic E-state index is 0.0193. The molecule has 0 bridgehead atoms. The summed E-state index contributed by atoms with van der Waals surface area (Å²) < 4.78 is 7.63. The Morgan fingerprint density at radius 2 is 1.82 bits per heavy atom. The van der Waals surface area contributed by atoms with Crippen LogP contribution < -0.4 is 21.3 Å². The number of benzene rings is 2. The minimum atomic E-state index is -0.901. The molecule has 2 aromatic carbocycles. The summed E-state index contributed by atoms with van der Waals surface area (Å²) in [6.07, 6.45) is 10.1. The van der Waals surface area contributed by atoms with E-state index in [-0.39, 0.29) is 23.6 Å². The number of nitrogens with two attached hydrogens (primary N) is 1. The molecule has 2 atom stereocenters. The molecule has 8 heteroatoms. The summed E-state index contributed by atoms with van der Waals surface area (Å²) in [7, 11) is 0. The van der Waals surface area contributed by atoms with Crippen molar-refractivity contribution >= 4 is 5.91 Å². The Morgan fingerprint density at radius 3 is 2.47 bits per heavy atom. The standard InChI is InChI=1S/C23H26N4O3.C14H18O/c1-2-27-15-17(13-18(23(27)30)19-10-6-7-11-25-19)22(29)26-20(21(28)14-24)12-16-8-4-3-5-9-16;1-2-11-4-5-13-12(10-11)6-9-14(15-13)7-3-8-14/h3-11,13,15,20-21,28H,2,12,14,24H2,1H3,(H,26,29);4-5,10H,2-3,6-9H2,1H3. The molecule has 1 amide bonds. The number of hydrogen-bond donors (Lipinski definition) is 3. The van der Waals surface area contributed by atoms with Crippen LogP contribution in [0.25, 0.3) is 11.3 Å². The van der Waals surface area contributed by atoms with Gasteiger partial charge in [-0.2, -0.15) is 0 Å². The fourth-order valence-corrected chi connectivity index (χ4v) is 5.99. The van der Waals surface area contributed by atoms with Crippen LogP contribution in [0.1, 0.15) is 66.6 Å². The van der Waals surface area contributed by atoms with Crippen molar-refractivity contribution in [1.82, 2.24) is 14.9 Å². The van der Waals surface area contributed by atoms with Gasteiger partial charge < -0.3 is 25.5 Å². The maximum Gasteiger partial charge on any atom is 0.260 e. The zero-order valence-corrected chi connectivity index (χ0v) is 26.2. The van der Waals surface area contributed by atoms with Gasteiger partial charge in [-0.05, 0) is 92.8 Å². The van der Waals surface area contributed by atoms with Crippen LogP contribution in [0.15, 0.2) is 90.0 Å². The lowest BCUT2D eigenvalue weighted by molar-refractivity contribution is -0.0249. The number of nitrogens with zero attached hydrogens (tertiary/aromatic N) is 2. The smallest absolute Gasteiger partial charge is 0.260 e. The van der Waals surface area contributed by atoms with Gasteiger partial charge >= 0.3 is 0 Å². The topological polar surface area (TPSA) is 119 Å². The largest absolute Gasteiger partial charge is 0.487 e. The van der Waals surface area contributed by atoms with Crippen molar-refractivity contribution in [2.24, 2.45) is 5.73 Å². The first-order valence-corrected chi connectivity index (χ1v) is 16.0. The lowest BCUT2D eigenvalue weighted by atomic mass is 9.74. The maximum atomic E-state index is 13.0. The molecule has 236 valence electrons. The van der Waals surface area contributed by atoms with E-state index in [2.05, 4.69) is 35.4 Å². The van der Waals surface area contributed by atoms with E-state index in [1.54, 1.807) is 30.5 Å². The van der Waals surface area contributed by atoms with Gasteiger partial charge in [0.1, 0.15) is 11.4 Å². The highest BCUT2D eigenvalue weighted by Crippen LogP contribution is 2.45. The number of carbonyl (C=O) groups is 1. The quantitative estimate of drug-likeness (QED) is 0.244. The van der Waals surface area contributed by atoms with Crippen LogP contribution in [-0.2, 0) is 25.8 Å². The Balaban J connectivity index is 0.000000220. The first-order chi connectivity index (χ1) is 21.8. The molecule has 4 aromatic rings. The highest BCUT2D eigenvalue weighted by atomic mass is 16.5. The van der Waals surface area contributed by atoms with E-state index < -0.39 is 12.1 Å². The molecule has 2 unspecified atom stereocenters. The van der Waals surface area contributed by atoms with Crippen molar-refractivity contribution in [1.29, 1.82) is 0 Å². The molecular weight excluding hydrogens is 564 g/mol. The molecule has 3 heterocycles. The SMILES string of the molecule is CCc1ccc2c(c1)CCC1(CCC1)O2.CCn1cc(C(=O)NC(Cc2ccccc2)C(O)CN)cc(-c2ccccn2)c1=O. The number of aryl methyl sites for hydroxylation is 3. The number of fused-ring (bicyclic) bond motifs is 1. The van der Waals surface area contributed by atoms with Crippen molar-refractivity contribution in [3.05, 3.63) is 118 Å². The molecular formula is C37H44N4O4. The first-order valence-electron chi connectivity index (χ1n) is 16.0. The first kappa shape index (κ1) is 32.1. The molecule has 2 aliphatic rings. The van der Waals surface area contributed by atoms with Gasteiger partial charge in [-0.15, -0.1) is 0 Å². The summed E-state index contributed by atoms with van der Waals surface area (Å²) in [5, 5.41) is 13.2. The molecule has 8 nitrogen and oxygen atoms in total. The molecule has 1 saturated carbocycles. The van der Waals surface area contributed by atoms with Crippen LogP contribution in [0.4, 0.5) is 0 Å². The average Bonchev–Trinajstić information content (AvgIpc) is 3.07. The monoisotopic (exact) mass is 608 g/mol. The van der Waals surface area contributed by atoms with Gasteiger partial charge in [0.2, 0.25) is 0 Å². The Morgan fingerprint density at radius 1 is 1.04 bits per heavy atom. The Bertz CT molecular complexity index is 1630. The van der Waals surface area contributed by atoms with E-state index in [1.165, 1.54) is 54.0 Å². The van der Waals surface area contributed by atoms with Gasteiger partial charge in [0.05, 0.1) is 29.0 Å². The van der Waals surface area contributed by atoms with Crippen molar-refractivity contribution in [2.75, 3.05) is 6.54 Å². The number of nitrogens with one attached hydrogen (secondary N) is 1. The molecule has 1 aliphatic heterocycles. The highest BCUT2D eigenvalue weighted by Gasteiger charge is 2.41. The van der Waals surface area contributed by atoms with E-state index in [1.807, 2.05) is 37.3 Å². The molecule has 0 saturated heterocycles. The molecule has 1 spiro atoms. The van der Waals surface area contributed by atoms with Crippen LogP contribution in [0.2, 0.25) is 0 Å². The van der Waals surface area contributed by atoms with Gasteiger partial charge in [0.25, 0.3) is 11.5 Å². The highest BCUT2D eigenvalue weighted by molar-refractivity contribution is 5.95. The van der Waals surface area contributed by atoms with Crippen molar-refractivity contribution < 1.29 is 14.6 Å². The van der Waals surface area contributed by atoms with Crippen LogP contribution >= 0.6 is 0 Å². The lowest BCUT2D eigenvalue weighted by Crippen LogP contribution is -2.48. The van der Waals surface area contributed by atoms with Gasteiger partial charge in [-0.3, -0.25) is 14.6 Å². The third-order valence-electron chi connectivity index (χ3n) is 8.92. The Kier molecular flexibility index (Phi) is 10.5. The lowest BCUT2D eigenvalue weighted by Gasteiger charge is -2.45. The van der Waals surface area contributed by atoms with E-state index in [0.717, 1.165) is 17.7 Å². The Labute approximate surface area is 265 Å². The van der Waals surface area contributed by atoms with E-state index in [9.17, 15) is 14.7 Å².